The summed E-state index contributed by atoms with van der Waals surface area (Å²) in [5.41, 5.74) is 3.15. The molecule has 0 saturated heterocycles. The molecule has 0 bridgehead atoms. The summed E-state index contributed by atoms with van der Waals surface area (Å²) in [5, 5.41) is 9.74. The number of hydrogen-bond acceptors (Lipinski definition) is 3. The molecular weight excluding hydrogens is 350 g/mol. The van der Waals surface area contributed by atoms with E-state index in [1.165, 1.54) is 4.90 Å². The van der Waals surface area contributed by atoms with Crippen molar-refractivity contribution in [3.05, 3.63) is 71.4 Å². The van der Waals surface area contributed by atoms with Crippen molar-refractivity contribution in [2.24, 2.45) is 0 Å². The van der Waals surface area contributed by atoms with E-state index in [2.05, 4.69) is 28.1 Å². The van der Waals surface area contributed by atoms with Crippen molar-refractivity contribution < 1.29 is 4.79 Å². The first-order valence-electron chi connectivity index (χ1n) is 7.87. The quantitative estimate of drug-likeness (QED) is 0.565. The lowest BCUT2D eigenvalue weighted by molar-refractivity contribution is -0.113. The summed E-state index contributed by atoms with van der Waals surface area (Å²) in [5.74, 6) is -0.148. The van der Waals surface area contributed by atoms with Crippen molar-refractivity contribution in [3.8, 4) is 0 Å². The fourth-order valence-corrected chi connectivity index (χ4v) is 3.44. The molecular formula is C19H19N3OS2. The van der Waals surface area contributed by atoms with Crippen LogP contribution in [0.4, 0.5) is 5.69 Å². The first-order valence-corrected chi connectivity index (χ1v) is 9.50. The summed E-state index contributed by atoms with van der Waals surface area (Å²) in [6, 6.07) is 17.3. The number of carbonyl (C=O) groups is 1. The maximum atomic E-state index is 12.9. The average molecular weight is 370 g/mol. The van der Waals surface area contributed by atoms with Crippen molar-refractivity contribution in [2.45, 2.75) is 17.9 Å². The number of thiocarbonyl (C=S) groups is 1. The van der Waals surface area contributed by atoms with E-state index in [1.54, 1.807) is 11.8 Å². The Morgan fingerprint density at radius 2 is 1.80 bits per heavy atom. The molecule has 4 nitrogen and oxygen atoms in total. The van der Waals surface area contributed by atoms with Crippen molar-refractivity contribution in [3.63, 3.8) is 0 Å². The number of amides is 1. The smallest absolute Gasteiger partial charge is 0.255 e. The van der Waals surface area contributed by atoms with Crippen molar-refractivity contribution in [2.75, 3.05) is 11.6 Å². The lowest BCUT2D eigenvalue weighted by Gasteiger charge is -2.30. The van der Waals surface area contributed by atoms with Gasteiger partial charge in [-0.3, -0.25) is 4.79 Å². The maximum absolute atomic E-state index is 12.9. The van der Waals surface area contributed by atoms with Crippen molar-refractivity contribution in [1.29, 1.82) is 0 Å². The van der Waals surface area contributed by atoms with E-state index in [0.29, 0.717) is 10.7 Å². The molecule has 0 radical (unpaired) electrons. The van der Waals surface area contributed by atoms with Crippen molar-refractivity contribution >= 4 is 40.7 Å². The molecule has 1 aliphatic heterocycles. The van der Waals surface area contributed by atoms with Gasteiger partial charge in [0.2, 0.25) is 0 Å². The molecule has 128 valence electrons. The molecule has 0 fully saturated rings. The normalized spacial score (nSPS) is 16.9. The van der Waals surface area contributed by atoms with Gasteiger partial charge in [0.1, 0.15) is 0 Å². The SMILES string of the molecule is CSc1ccc([C@H]2NC(=S)NC(C)=C2C(=O)Nc2ccccc2)cc1. The Kier molecular flexibility index (Phi) is 5.40. The number of anilines is 1. The van der Waals surface area contributed by atoms with Gasteiger partial charge in [0.25, 0.3) is 5.91 Å². The van der Waals surface area contributed by atoms with Crippen LogP contribution in [-0.2, 0) is 4.79 Å². The lowest BCUT2D eigenvalue weighted by Crippen LogP contribution is -2.45. The van der Waals surface area contributed by atoms with Gasteiger partial charge in [0.15, 0.2) is 5.11 Å². The molecule has 2 aromatic carbocycles. The van der Waals surface area contributed by atoms with E-state index in [1.807, 2.05) is 55.6 Å². The minimum absolute atomic E-state index is 0.148. The van der Waals surface area contributed by atoms with Crippen molar-refractivity contribution in [1.82, 2.24) is 10.6 Å². The molecule has 3 N–H and O–H groups in total. The fourth-order valence-electron chi connectivity index (χ4n) is 2.76. The second-order valence-corrected chi connectivity index (χ2v) is 6.95. The average Bonchev–Trinajstić information content (AvgIpc) is 2.62. The van der Waals surface area contributed by atoms with E-state index in [-0.39, 0.29) is 11.9 Å². The first-order chi connectivity index (χ1) is 12.1. The zero-order valence-electron chi connectivity index (χ0n) is 14.0. The molecule has 1 atom stereocenters. The van der Waals surface area contributed by atoms with Crippen LogP contribution in [-0.4, -0.2) is 17.3 Å². The van der Waals surface area contributed by atoms with E-state index >= 15 is 0 Å². The van der Waals surface area contributed by atoms with Gasteiger partial charge in [-0.2, -0.15) is 0 Å². The standard InChI is InChI=1S/C19H19N3OS2/c1-12-16(18(23)21-14-6-4-3-5-7-14)17(22-19(24)20-12)13-8-10-15(25-2)11-9-13/h3-11,17H,1-2H3,(H,21,23)(H2,20,22,24)/t17-/m1/s1. The Bertz CT molecular complexity index is 816. The summed E-state index contributed by atoms with van der Waals surface area (Å²) in [4.78, 5) is 14.1. The Morgan fingerprint density at radius 1 is 1.12 bits per heavy atom. The van der Waals surface area contributed by atoms with Gasteiger partial charge in [-0.25, -0.2) is 0 Å². The van der Waals surface area contributed by atoms with E-state index < -0.39 is 0 Å². The molecule has 0 spiro atoms. The monoisotopic (exact) mass is 369 g/mol. The minimum atomic E-state index is -0.284. The third-order valence-electron chi connectivity index (χ3n) is 3.99. The number of benzene rings is 2. The Labute approximate surface area is 157 Å². The van der Waals surface area contributed by atoms with Gasteiger partial charge in [-0.05, 0) is 55.2 Å². The fraction of sp³-hybridized carbons (Fsp3) is 0.158. The maximum Gasteiger partial charge on any atom is 0.255 e. The summed E-state index contributed by atoms with van der Waals surface area (Å²) in [6.07, 6.45) is 2.04. The van der Waals surface area contributed by atoms with E-state index in [0.717, 1.165) is 16.9 Å². The predicted octanol–water partition coefficient (Wildman–Crippen LogP) is 3.84. The second kappa shape index (κ2) is 7.72. The van der Waals surface area contributed by atoms with Crippen LogP contribution >= 0.6 is 24.0 Å². The number of para-hydroxylation sites is 1. The summed E-state index contributed by atoms with van der Waals surface area (Å²) in [7, 11) is 0. The molecule has 1 heterocycles. The number of allylic oxidation sites excluding steroid dienone is 1. The topological polar surface area (TPSA) is 53.2 Å². The van der Waals surface area contributed by atoms with Crippen LogP contribution in [0.1, 0.15) is 18.5 Å². The number of thioether (sulfide) groups is 1. The van der Waals surface area contributed by atoms with Crippen LogP contribution in [0, 0.1) is 0 Å². The zero-order valence-corrected chi connectivity index (χ0v) is 15.6. The first kappa shape index (κ1) is 17.5. The van der Waals surface area contributed by atoms with Crippen LogP contribution in [0.2, 0.25) is 0 Å². The Hall–Kier alpha value is -2.31. The third-order valence-corrected chi connectivity index (χ3v) is 4.96. The van der Waals surface area contributed by atoms with Crippen LogP contribution < -0.4 is 16.0 Å². The number of hydrogen-bond donors (Lipinski definition) is 3. The van der Waals surface area contributed by atoms with Crippen LogP contribution in [0.25, 0.3) is 0 Å². The lowest BCUT2D eigenvalue weighted by atomic mass is 9.95. The van der Waals surface area contributed by atoms with Crippen LogP contribution in [0.3, 0.4) is 0 Å². The van der Waals surface area contributed by atoms with E-state index in [9.17, 15) is 4.79 Å². The number of rotatable bonds is 4. The molecule has 0 aromatic heterocycles. The molecule has 1 aliphatic rings. The van der Waals surface area contributed by atoms with Gasteiger partial charge in [-0.1, -0.05) is 30.3 Å². The highest BCUT2D eigenvalue weighted by molar-refractivity contribution is 7.98. The van der Waals surface area contributed by atoms with Gasteiger partial charge in [-0.15, -0.1) is 11.8 Å². The minimum Gasteiger partial charge on any atom is -0.351 e. The largest absolute Gasteiger partial charge is 0.351 e. The molecule has 6 heteroatoms. The zero-order chi connectivity index (χ0) is 17.8. The van der Waals surface area contributed by atoms with Gasteiger partial charge >= 0.3 is 0 Å². The summed E-state index contributed by atoms with van der Waals surface area (Å²) >= 11 is 6.97. The Morgan fingerprint density at radius 3 is 2.44 bits per heavy atom. The molecule has 1 amide bonds. The van der Waals surface area contributed by atoms with E-state index in [4.69, 9.17) is 12.2 Å². The molecule has 0 saturated carbocycles. The molecule has 2 aromatic rings. The summed E-state index contributed by atoms with van der Waals surface area (Å²) < 4.78 is 0. The van der Waals surface area contributed by atoms with Gasteiger partial charge < -0.3 is 16.0 Å². The number of carbonyl (C=O) groups excluding carboxylic acids is 1. The number of nitrogens with one attached hydrogen (secondary N) is 3. The second-order valence-electron chi connectivity index (χ2n) is 5.66. The predicted molar refractivity (Wildman–Crippen MR) is 108 cm³/mol. The van der Waals surface area contributed by atoms with Crippen LogP contribution in [0.5, 0.6) is 0 Å². The highest BCUT2D eigenvalue weighted by Crippen LogP contribution is 2.29. The van der Waals surface area contributed by atoms with Crippen LogP contribution in [0.15, 0.2) is 70.8 Å². The third kappa shape index (κ3) is 4.03. The summed E-state index contributed by atoms with van der Waals surface area (Å²) in [6.45, 7) is 1.87. The molecule has 0 unspecified atom stereocenters. The Balaban J connectivity index is 1.93. The molecule has 3 rings (SSSR count). The van der Waals surface area contributed by atoms with Gasteiger partial charge in [0, 0.05) is 16.3 Å². The highest BCUT2D eigenvalue weighted by atomic mass is 32.2. The molecule has 0 aliphatic carbocycles. The van der Waals surface area contributed by atoms with Gasteiger partial charge in [0.05, 0.1) is 11.6 Å². The molecule has 25 heavy (non-hydrogen) atoms. The highest BCUT2D eigenvalue weighted by Gasteiger charge is 2.29.